The molecule has 8 heteroatoms. The molecule has 0 fully saturated rings. The summed E-state index contributed by atoms with van der Waals surface area (Å²) in [6.45, 7) is 6.84. The van der Waals surface area contributed by atoms with Crippen molar-refractivity contribution in [1.82, 2.24) is 5.32 Å². The molecule has 2 aromatic carbocycles. The summed E-state index contributed by atoms with van der Waals surface area (Å²) in [5.41, 5.74) is 0.937. The Hall–Kier alpha value is -2.61. The summed E-state index contributed by atoms with van der Waals surface area (Å²) in [5, 5.41) is 16.3. The number of phenolic OH excluding ortho intramolecular Hbond substituents is 1. The Morgan fingerprint density at radius 2 is 1.97 bits per heavy atom. The van der Waals surface area contributed by atoms with E-state index in [4.69, 9.17) is 4.74 Å². The van der Waals surface area contributed by atoms with E-state index in [0.717, 1.165) is 4.47 Å². The number of hydrogen-bond acceptors (Lipinski definition) is 4. The van der Waals surface area contributed by atoms with E-state index in [1.165, 1.54) is 31.4 Å². The number of rotatable bonds is 5. The second kappa shape index (κ2) is 9.73. The minimum absolute atomic E-state index is 0.0423. The zero-order valence-corrected chi connectivity index (χ0v) is 18.4. The van der Waals surface area contributed by atoms with Crippen molar-refractivity contribution in [3.05, 3.63) is 57.8 Å². The standard InChI is InChI=1S/C21H25BrFN3O3/c1-21(2,3)12-25-20(24-11-14-9-15(22)6-7-16(14)23)26-17-10-13(19(28)29-4)5-8-18(17)27/h5-10,27H,11-12H2,1-4H3,(H2,24,25,26). The molecule has 0 saturated heterocycles. The highest BCUT2D eigenvalue weighted by Crippen LogP contribution is 2.25. The fraction of sp³-hybridized carbons (Fsp3) is 0.333. The highest BCUT2D eigenvalue weighted by Gasteiger charge is 2.14. The number of guanidine groups is 1. The summed E-state index contributed by atoms with van der Waals surface area (Å²) in [7, 11) is 1.28. The van der Waals surface area contributed by atoms with Gasteiger partial charge in [0.25, 0.3) is 0 Å². The molecule has 0 aliphatic heterocycles. The van der Waals surface area contributed by atoms with Gasteiger partial charge in [-0.1, -0.05) is 36.7 Å². The Balaban J connectivity index is 2.30. The normalized spacial score (nSPS) is 11.9. The molecule has 0 heterocycles. The van der Waals surface area contributed by atoms with Crippen LogP contribution in [-0.2, 0) is 11.3 Å². The molecule has 0 spiro atoms. The van der Waals surface area contributed by atoms with Gasteiger partial charge < -0.3 is 20.5 Å². The Labute approximate surface area is 178 Å². The average molecular weight is 466 g/mol. The third-order valence-corrected chi connectivity index (χ3v) is 4.37. The molecule has 0 aliphatic carbocycles. The van der Waals surface area contributed by atoms with Crippen molar-refractivity contribution in [1.29, 1.82) is 0 Å². The van der Waals surface area contributed by atoms with Crippen molar-refractivity contribution in [3.8, 4) is 5.75 Å². The van der Waals surface area contributed by atoms with E-state index in [0.29, 0.717) is 18.1 Å². The van der Waals surface area contributed by atoms with Gasteiger partial charge in [0.1, 0.15) is 11.6 Å². The van der Waals surface area contributed by atoms with Gasteiger partial charge >= 0.3 is 5.97 Å². The first-order chi connectivity index (χ1) is 13.6. The number of ether oxygens (including phenoxy) is 1. The Morgan fingerprint density at radius 1 is 1.24 bits per heavy atom. The molecule has 0 atom stereocenters. The van der Waals surface area contributed by atoms with Crippen LogP contribution in [0.25, 0.3) is 0 Å². The smallest absolute Gasteiger partial charge is 0.337 e. The number of carbonyl (C=O) groups is 1. The molecule has 29 heavy (non-hydrogen) atoms. The van der Waals surface area contributed by atoms with Crippen LogP contribution in [0.2, 0.25) is 0 Å². The first-order valence-electron chi connectivity index (χ1n) is 8.99. The molecular formula is C21H25BrFN3O3. The molecule has 0 amide bonds. The summed E-state index contributed by atoms with van der Waals surface area (Å²) in [6, 6.07) is 8.98. The molecule has 0 aliphatic rings. The van der Waals surface area contributed by atoms with Crippen molar-refractivity contribution in [2.45, 2.75) is 27.3 Å². The second-order valence-electron chi connectivity index (χ2n) is 7.66. The quantitative estimate of drug-likeness (QED) is 0.258. The van der Waals surface area contributed by atoms with Crippen LogP contribution in [0.4, 0.5) is 10.1 Å². The van der Waals surface area contributed by atoms with E-state index in [1.54, 1.807) is 12.1 Å². The highest BCUT2D eigenvalue weighted by molar-refractivity contribution is 9.10. The summed E-state index contributed by atoms with van der Waals surface area (Å²) in [5.74, 6) is -0.596. The van der Waals surface area contributed by atoms with Crippen molar-refractivity contribution in [2.24, 2.45) is 10.4 Å². The summed E-state index contributed by atoms with van der Waals surface area (Å²) < 4.78 is 19.5. The van der Waals surface area contributed by atoms with Gasteiger partial charge in [0.05, 0.1) is 24.9 Å². The van der Waals surface area contributed by atoms with Crippen LogP contribution in [0.1, 0.15) is 36.7 Å². The van der Waals surface area contributed by atoms with Crippen molar-refractivity contribution < 1.29 is 19.0 Å². The second-order valence-corrected chi connectivity index (χ2v) is 8.58. The molecule has 156 valence electrons. The van der Waals surface area contributed by atoms with E-state index in [9.17, 15) is 14.3 Å². The highest BCUT2D eigenvalue weighted by atomic mass is 79.9. The van der Waals surface area contributed by atoms with Crippen LogP contribution in [0, 0.1) is 11.2 Å². The number of nitrogens with one attached hydrogen (secondary N) is 2. The topological polar surface area (TPSA) is 83.0 Å². The van der Waals surface area contributed by atoms with Crippen LogP contribution in [-0.4, -0.2) is 30.7 Å². The van der Waals surface area contributed by atoms with Crippen molar-refractivity contribution >= 4 is 33.5 Å². The SMILES string of the molecule is COC(=O)c1ccc(O)c(NC(=NCc2cc(Br)ccc2F)NCC(C)(C)C)c1. The molecule has 6 nitrogen and oxygen atoms in total. The fourth-order valence-corrected chi connectivity index (χ4v) is 2.73. The minimum Gasteiger partial charge on any atom is -0.506 e. The zero-order valence-electron chi connectivity index (χ0n) is 16.8. The maximum Gasteiger partial charge on any atom is 0.337 e. The third kappa shape index (κ3) is 7.05. The number of esters is 1. The third-order valence-electron chi connectivity index (χ3n) is 3.87. The number of anilines is 1. The van der Waals surface area contributed by atoms with E-state index < -0.39 is 5.97 Å². The van der Waals surface area contributed by atoms with Gasteiger partial charge in [0.15, 0.2) is 5.96 Å². The van der Waals surface area contributed by atoms with Crippen molar-refractivity contribution in [2.75, 3.05) is 19.0 Å². The van der Waals surface area contributed by atoms with Gasteiger partial charge in [0.2, 0.25) is 0 Å². The number of phenols is 1. The van der Waals surface area contributed by atoms with Gasteiger partial charge in [-0.25, -0.2) is 14.2 Å². The lowest BCUT2D eigenvalue weighted by molar-refractivity contribution is 0.0601. The van der Waals surface area contributed by atoms with Crippen LogP contribution >= 0.6 is 15.9 Å². The van der Waals surface area contributed by atoms with E-state index >= 15 is 0 Å². The number of benzene rings is 2. The van der Waals surface area contributed by atoms with Crippen LogP contribution in [0.15, 0.2) is 45.9 Å². The average Bonchev–Trinajstić information content (AvgIpc) is 2.66. The molecule has 0 saturated carbocycles. The molecule has 0 bridgehead atoms. The number of hydrogen-bond donors (Lipinski definition) is 3. The molecule has 2 rings (SSSR count). The molecular weight excluding hydrogens is 441 g/mol. The van der Waals surface area contributed by atoms with E-state index in [2.05, 4.69) is 52.3 Å². The number of aliphatic imine (C=N–C) groups is 1. The van der Waals surface area contributed by atoms with Crippen molar-refractivity contribution in [3.63, 3.8) is 0 Å². The van der Waals surface area contributed by atoms with Gasteiger partial charge in [-0.3, -0.25) is 0 Å². The lowest BCUT2D eigenvalue weighted by Crippen LogP contribution is -2.37. The number of nitrogens with zero attached hydrogens (tertiary/aromatic N) is 1. The fourth-order valence-electron chi connectivity index (χ4n) is 2.33. The Bertz CT molecular complexity index is 911. The molecule has 2 aromatic rings. The Morgan fingerprint density at radius 3 is 2.62 bits per heavy atom. The van der Waals surface area contributed by atoms with E-state index in [-0.39, 0.29) is 34.8 Å². The number of carbonyl (C=O) groups excluding carboxylic acids is 1. The van der Waals surface area contributed by atoms with Gasteiger partial charge in [-0.05, 0) is 41.8 Å². The van der Waals surface area contributed by atoms with Crippen LogP contribution in [0.5, 0.6) is 5.75 Å². The lowest BCUT2D eigenvalue weighted by Gasteiger charge is -2.21. The first kappa shape index (κ1) is 22.7. The summed E-state index contributed by atoms with van der Waals surface area (Å²) in [4.78, 5) is 16.2. The summed E-state index contributed by atoms with van der Waals surface area (Å²) in [6.07, 6.45) is 0. The lowest BCUT2D eigenvalue weighted by atomic mass is 9.97. The number of aromatic hydroxyl groups is 1. The maximum absolute atomic E-state index is 14.0. The Kier molecular flexibility index (Phi) is 7.61. The predicted molar refractivity (Wildman–Crippen MR) is 116 cm³/mol. The first-order valence-corrected chi connectivity index (χ1v) is 9.79. The minimum atomic E-state index is -0.523. The largest absolute Gasteiger partial charge is 0.506 e. The van der Waals surface area contributed by atoms with Gasteiger partial charge in [-0.15, -0.1) is 0 Å². The number of methoxy groups -OCH3 is 1. The van der Waals surface area contributed by atoms with Gasteiger partial charge in [0, 0.05) is 16.6 Å². The monoisotopic (exact) mass is 465 g/mol. The molecule has 0 aromatic heterocycles. The predicted octanol–water partition coefficient (Wildman–Crippen LogP) is 4.68. The summed E-state index contributed by atoms with van der Waals surface area (Å²) >= 11 is 3.33. The molecule has 3 N–H and O–H groups in total. The molecule has 0 unspecified atom stereocenters. The maximum atomic E-state index is 14.0. The van der Waals surface area contributed by atoms with Crippen LogP contribution < -0.4 is 10.6 Å². The van der Waals surface area contributed by atoms with Gasteiger partial charge in [-0.2, -0.15) is 0 Å². The number of halogens is 2. The molecule has 0 radical (unpaired) electrons. The van der Waals surface area contributed by atoms with Crippen LogP contribution in [0.3, 0.4) is 0 Å². The van der Waals surface area contributed by atoms with E-state index in [1.807, 2.05) is 0 Å². The zero-order chi connectivity index (χ0) is 21.6.